The molecule has 0 atom stereocenters. The normalized spacial score (nSPS) is 11.3. The van der Waals surface area contributed by atoms with E-state index in [2.05, 4.69) is 33.9 Å². The molecule has 0 aliphatic rings. The van der Waals surface area contributed by atoms with Crippen molar-refractivity contribution in [2.75, 3.05) is 0 Å². The summed E-state index contributed by atoms with van der Waals surface area (Å²) < 4.78 is 1.90. The van der Waals surface area contributed by atoms with E-state index in [0.717, 1.165) is 16.9 Å². The number of hydrogen-bond donors (Lipinski definition) is 0. The average molecular weight is 239 g/mol. The van der Waals surface area contributed by atoms with E-state index in [1.807, 2.05) is 29.1 Å². The van der Waals surface area contributed by atoms with Crippen molar-refractivity contribution in [3.8, 4) is 11.4 Å². The molecule has 0 saturated heterocycles. The number of hydrogen-bond acceptors (Lipinski definition) is 4. The van der Waals surface area contributed by atoms with E-state index in [4.69, 9.17) is 0 Å². The Morgan fingerprint density at radius 2 is 2.00 bits per heavy atom. The molecular weight excluding hydrogens is 226 g/mol. The first kappa shape index (κ1) is 10.8. The highest BCUT2D eigenvalue weighted by Crippen LogP contribution is 2.17. The van der Waals surface area contributed by atoms with Crippen molar-refractivity contribution in [1.29, 1.82) is 0 Å². The van der Waals surface area contributed by atoms with Gasteiger partial charge in [0.15, 0.2) is 5.65 Å². The van der Waals surface area contributed by atoms with Gasteiger partial charge in [-0.25, -0.2) is 9.97 Å². The second kappa shape index (κ2) is 4.18. The standard InChI is InChI=1S/C13H13N5/c1-9(2)18-7-5-10(17-18)12-8-15-11-4-3-6-14-13(11)16-12/h3-9H,1-2H3. The van der Waals surface area contributed by atoms with Gasteiger partial charge in [-0.05, 0) is 32.0 Å². The molecule has 0 spiro atoms. The maximum absolute atomic E-state index is 4.47. The Morgan fingerprint density at radius 1 is 1.11 bits per heavy atom. The minimum Gasteiger partial charge on any atom is -0.270 e. The van der Waals surface area contributed by atoms with Crippen molar-refractivity contribution in [1.82, 2.24) is 24.7 Å². The number of nitrogens with zero attached hydrogens (tertiary/aromatic N) is 5. The maximum atomic E-state index is 4.47. The van der Waals surface area contributed by atoms with Crippen molar-refractivity contribution in [3.05, 3.63) is 36.8 Å². The van der Waals surface area contributed by atoms with Gasteiger partial charge in [-0.15, -0.1) is 0 Å². The summed E-state index contributed by atoms with van der Waals surface area (Å²) in [7, 11) is 0. The Labute approximate surface area is 105 Å². The molecule has 0 aromatic carbocycles. The van der Waals surface area contributed by atoms with Gasteiger partial charge < -0.3 is 0 Å². The molecule has 3 aromatic heterocycles. The van der Waals surface area contributed by atoms with Gasteiger partial charge in [-0.3, -0.25) is 9.67 Å². The third-order valence-corrected chi connectivity index (χ3v) is 2.72. The van der Waals surface area contributed by atoms with E-state index in [9.17, 15) is 0 Å². The topological polar surface area (TPSA) is 56.5 Å². The zero-order valence-electron chi connectivity index (χ0n) is 10.3. The van der Waals surface area contributed by atoms with E-state index in [1.54, 1.807) is 12.4 Å². The second-order valence-corrected chi connectivity index (χ2v) is 4.38. The lowest BCUT2D eigenvalue weighted by atomic mass is 10.3. The van der Waals surface area contributed by atoms with Gasteiger partial charge in [0.1, 0.15) is 16.9 Å². The Kier molecular flexibility index (Phi) is 2.51. The van der Waals surface area contributed by atoms with Crippen LogP contribution in [-0.4, -0.2) is 24.7 Å². The lowest BCUT2D eigenvalue weighted by Gasteiger charge is -2.03. The molecule has 90 valence electrons. The van der Waals surface area contributed by atoms with Crippen LogP contribution < -0.4 is 0 Å². The van der Waals surface area contributed by atoms with Gasteiger partial charge in [-0.2, -0.15) is 5.10 Å². The fourth-order valence-electron chi connectivity index (χ4n) is 1.73. The first-order chi connectivity index (χ1) is 8.74. The molecule has 18 heavy (non-hydrogen) atoms. The fourth-order valence-corrected chi connectivity index (χ4v) is 1.73. The minimum absolute atomic E-state index is 0.338. The third-order valence-electron chi connectivity index (χ3n) is 2.72. The Morgan fingerprint density at radius 3 is 2.78 bits per heavy atom. The molecule has 0 aliphatic heterocycles. The van der Waals surface area contributed by atoms with E-state index in [1.165, 1.54) is 0 Å². The zero-order valence-corrected chi connectivity index (χ0v) is 10.3. The molecule has 0 N–H and O–H groups in total. The highest BCUT2D eigenvalue weighted by molar-refractivity contribution is 5.71. The third kappa shape index (κ3) is 1.84. The van der Waals surface area contributed by atoms with Crippen molar-refractivity contribution in [2.45, 2.75) is 19.9 Å². The lowest BCUT2D eigenvalue weighted by molar-refractivity contribution is 0.534. The molecule has 0 fully saturated rings. The Hall–Kier alpha value is -2.30. The van der Waals surface area contributed by atoms with Gasteiger partial charge in [0.25, 0.3) is 0 Å². The zero-order chi connectivity index (χ0) is 12.5. The first-order valence-corrected chi connectivity index (χ1v) is 5.87. The van der Waals surface area contributed by atoms with Crippen molar-refractivity contribution >= 4 is 11.2 Å². The lowest BCUT2D eigenvalue weighted by Crippen LogP contribution is -2.01. The number of aromatic nitrogens is 5. The summed E-state index contributed by atoms with van der Waals surface area (Å²) in [5.74, 6) is 0. The molecule has 0 aliphatic carbocycles. The molecule has 0 amide bonds. The summed E-state index contributed by atoms with van der Waals surface area (Å²) in [6, 6.07) is 6.03. The Bertz CT molecular complexity index is 686. The van der Waals surface area contributed by atoms with E-state index >= 15 is 0 Å². The van der Waals surface area contributed by atoms with Gasteiger partial charge in [0.05, 0.1) is 6.20 Å². The molecular formula is C13H13N5. The van der Waals surface area contributed by atoms with Crippen LogP contribution in [0.25, 0.3) is 22.6 Å². The molecule has 5 heteroatoms. The predicted octanol–water partition coefficient (Wildman–Crippen LogP) is 2.47. The molecule has 0 radical (unpaired) electrons. The average Bonchev–Trinajstić information content (AvgIpc) is 2.88. The van der Waals surface area contributed by atoms with Crippen molar-refractivity contribution in [2.24, 2.45) is 0 Å². The summed E-state index contributed by atoms with van der Waals surface area (Å²) in [6.07, 6.45) is 5.40. The fraction of sp³-hybridized carbons (Fsp3) is 0.231. The summed E-state index contributed by atoms with van der Waals surface area (Å²) in [6.45, 7) is 4.18. The van der Waals surface area contributed by atoms with Crippen LogP contribution in [0.2, 0.25) is 0 Å². The highest BCUT2D eigenvalue weighted by atomic mass is 15.3. The number of rotatable bonds is 2. The van der Waals surface area contributed by atoms with Crippen LogP contribution in [-0.2, 0) is 0 Å². The quantitative estimate of drug-likeness (QED) is 0.689. The van der Waals surface area contributed by atoms with E-state index in [-0.39, 0.29) is 0 Å². The van der Waals surface area contributed by atoms with Crippen LogP contribution >= 0.6 is 0 Å². The summed E-state index contributed by atoms with van der Waals surface area (Å²) in [5.41, 5.74) is 3.02. The number of pyridine rings is 1. The summed E-state index contributed by atoms with van der Waals surface area (Å²) in [4.78, 5) is 13.0. The molecule has 3 aromatic rings. The van der Waals surface area contributed by atoms with Crippen LogP contribution in [0.3, 0.4) is 0 Å². The first-order valence-electron chi connectivity index (χ1n) is 5.87. The van der Waals surface area contributed by atoms with Crippen LogP contribution in [0.4, 0.5) is 0 Å². The molecule has 0 saturated carbocycles. The molecule has 5 nitrogen and oxygen atoms in total. The maximum Gasteiger partial charge on any atom is 0.178 e. The van der Waals surface area contributed by atoms with Gasteiger partial charge >= 0.3 is 0 Å². The highest BCUT2D eigenvalue weighted by Gasteiger charge is 2.07. The van der Waals surface area contributed by atoms with Crippen LogP contribution in [0.15, 0.2) is 36.8 Å². The molecule has 0 bridgehead atoms. The summed E-state index contributed by atoms with van der Waals surface area (Å²) >= 11 is 0. The van der Waals surface area contributed by atoms with Crippen LogP contribution in [0.1, 0.15) is 19.9 Å². The smallest absolute Gasteiger partial charge is 0.178 e. The molecule has 3 rings (SSSR count). The second-order valence-electron chi connectivity index (χ2n) is 4.38. The van der Waals surface area contributed by atoms with Gasteiger partial charge in [0.2, 0.25) is 0 Å². The summed E-state index contributed by atoms with van der Waals surface area (Å²) in [5, 5.41) is 4.47. The van der Waals surface area contributed by atoms with Gasteiger partial charge in [-0.1, -0.05) is 0 Å². The van der Waals surface area contributed by atoms with E-state index in [0.29, 0.717) is 11.7 Å². The van der Waals surface area contributed by atoms with Crippen molar-refractivity contribution < 1.29 is 0 Å². The van der Waals surface area contributed by atoms with Crippen molar-refractivity contribution in [3.63, 3.8) is 0 Å². The van der Waals surface area contributed by atoms with Gasteiger partial charge in [0, 0.05) is 18.4 Å². The largest absolute Gasteiger partial charge is 0.270 e. The van der Waals surface area contributed by atoms with E-state index < -0.39 is 0 Å². The molecule has 0 unspecified atom stereocenters. The van der Waals surface area contributed by atoms with Crippen LogP contribution in [0.5, 0.6) is 0 Å². The van der Waals surface area contributed by atoms with Crippen LogP contribution in [0, 0.1) is 0 Å². The monoisotopic (exact) mass is 239 g/mol. The molecule has 3 heterocycles. The Balaban J connectivity index is 2.07. The SMILES string of the molecule is CC(C)n1ccc(-c2cnc3cccnc3n2)n1. The number of fused-ring (bicyclic) bond motifs is 1. The minimum atomic E-state index is 0.338. The predicted molar refractivity (Wildman–Crippen MR) is 68.9 cm³/mol.